The Kier molecular flexibility index (Phi) is 5.67. The minimum absolute atomic E-state index is 0.292. The summed E-state index contributed by atoms with van der Waals surface area (Å²) >= 11 is 0. The van der Waals surface area contributed by atoms with Gasteiger partial charge in [-0.1, -0.05) is 70.9 Å². The fourth-order valence-corrected chi connectivity index (χ4v) is 4.11. The second-order valence-electron chi connectivity index (χ2n) is 7.93. The molecule has 156 valence electrons. The third-order valence-electron chi connectivity index (χ3n) is 5.54. The van der Waals surface area contributed by atoms with Crippen LogP contribution in [0, 0.1) is 20.8 Å². The van der Waals surface area contributed by atoms with Gasteiger partial charge in [0.15, 0.2) is 0 Å². The summed E-state index contributed by atoms with van der Waals surface area (Å²) < 4.78 is 1.69. The van der Waals surface area contributed by atoms with Crippen molar-refractivity contribution in [3.05, 3.63) is 106 Å². The SMILES string of the molecule is Cc1cc(C)c(/C=[N+]2\N=C([O-])[C@@H](NC(=O)c3ccccc3)[C@@H]2c2ccccc2)c(C)c1. The van der Waals surface area contributed by atoms with E-state index in [0.29, 0.717) is 5.56 Å². The largest absolute Gasteiger partial charge is 0.856 e. The van der Waals surface area contributed by atoms with Gasteiger partial charge in [0, 0.05) is 16.7 Å². The Labute approximate surface area is 182 Å². The molecule has 0 fully saturated rings. The molecule has 4 rings (SSSR count). The molecule has 1 amide bonds. The number of carbonyl (C=O) groups excluding carboxylic acids is 1. The third kappa shape index (κ3) is 4.26. The van der Waals surface area contributed by atoms with Crippen LogP contribution in [-0.4, -0.2) is 28.7 Å². The van der Waals surface area contributed by atoms with Crippen LogP contribution in [0.5, 0.6) is 0 Å². The van der Waals surface area contributed by atoms with Crippen molar-refractivity contribution < 1.29 is 14.6 Å². The monoisotopic (exact) mass is 411 g/mol. The molecule has 1 aliphatic rings. The van der Waals surface area contributed by atoms with E-state index < -0.39 is 12.1 Å². The highest BCUT2D eigenvalue weighted by molar-refractivity contribution is 5.97. The fraction of sp³-hybridized carbons (Fsp3) is 0.192. The Morgan fingerprint density at radius 3 is 2.16 bits per heavy atom. The highest BCUT2D eigenvalue weighted by Gasteiger charge is 2.41. The Hall–Kier alpha value is -3.73. The molecule has 0 aromatic heterocycles. The van der Waals surface area contributed by atoms with Crippen LogP contribution in [0.1, 0.15) is 44.2 Å². The highest BCUT2D eigenvalue weighted by atomic mass is 16.3. The number of nitrogens with one attached hydrogen (secondary N) is 1. The average Bonchev–Trinajstić information content (AvgIpc) is 3.06. The van der Waals surface area contributed by atoms with E-state index in [2.05, 4.69) is 43.3 Å². The Balaban J connectivity index is 1.75. The Morgan fingerprint density at radius 2 is 1.55 bits per heavy atom. The van der Waals surface area contributed by atoms with Crippen LogP contribution in [0.15, 0.2) is 77.9 Å². The first kappa shape index (κ1) is 20.5. The smallest absolute Gasteiger partial charge is 0.252 e. The highest BCUT2D eigenvalue weighted by Crippen LogP contribution is 2.27. The summed E-state index contributed by atoms with van der Waals surface area (Å²) in [6.07, 6.45) is 1.91. The molecular formula is C26H25N3O2. The molecule has 5 heteroatoms. The molecular weight excluding hydrogens is 386 g/mol. The molecule has 31 heavy (non-hydrogen) atoms. The van der Waals surface area contributed by atoms with Crippen molar-refractivity contribution in [3.8, 4) is 0 Å². The van der Waals surface area contributed by atoms with Crippen LogP contribution >= 0.6 is 0 Å². The van der Waals surface area contributed by atoms with Gasteiger partial charge >= 0.3 is 0 Å². The first-order chi connectivity index (χ1) is 14.9. The zero-order valence-electron chi connectivity index (χ0n) is 17.9. The fourth-order valence-electron chi connectivity index (χ4n) is 4.11. The lowest BCUT2D eigenvalue weighted by atomic mass is 9.98. The standard InChI is InChI=1S/C26H25N3O2/c1-17-14-18(2)22(19(3)15-17)16-29-24(20-10-6-4-7-11-20)23(26(31)28-29)27-25(30)21-12-8-5-9-13-21/h4-16,23-24H,1-3H3,(H-,27,28,30,31)/b29-16-/t23-,24-/m0/s1. The lowest BCUT2D eigenvalue weighted by Gasteiger charge is -2.20. The minimum atomic E-state index is -0.780. The lowest BCUT2D eigenvalue weighted by molar-refractivity contribution is -0.565. The van der Waals surface area contributed by atoms with Crippen LogP contribution in [0.3, 0.4) is 0 Å². The maximum atomic E-state index is 12.9. The molecule has 1 aliphatic heterocycles. The van der Waals surface area contributed by atoms with Crippen molar-refractivity contribution >= 4 is 18.0 Å². The van der Waals surface area contributed by atoms with Gasteiger partial charge in [-0.15, -0.1) is 0 Å². The second-order valence-corrected chi connectivity index (χ2v) is 7.93. The maximum Gasteiger partial charge on any atom is 0.252 e. The zero-order valence-corrected chi connectivity index (χ0v) is 17.9. The van der Waals surface area contributed by atoms with E-state index in [1.165, 1.54) is 5.56 Å². The number of hydrogen-bond donors (Lipinski definition) is 1. The molecule has 0 bridgehead atoms. The second kappa shape index (κ2) is 8.56. The molecule has 0 spiro atoms. The lowest BCUT2D eigenvalue weighted by Crippen LogP contribution is -2.47. The minimum Gasteiger partial charge on any atom is -0.856 e. The Bertz CT molecular complexity index is 1140. The van der Waals surface area contributed by atoms with Gasteiger partial charge in [-0.3, -0.25) is 4.79 Å². The molecule has 1 heterocycles. The van der Waals surface area contributed by atoms with Crippen LogP contribution < -0.4 is 10.4 Å². The van der Waals surface area contributed by atoms with E-state index >= 15 is 0 Å². The van der Waals surface area contributed by atoms with E-state index in [0.717, 1.165) is 22.3 Å². The number of carbonyl (C=O) groups is 1. The summed E-state index contributed by atoms with van der Waals surface area (Å²) in [4.78, 5) is 12.8. The predicted molar refractivity (Wildman–Crippen MR) is 120 cm³/mol. The van der Waals surface area contributed by atoms with E-state index in [1.807, 2.05) is 42.6 Å². The van der Waals surface area contributed by atoms with E-state index in [4.69, 9.17) is 0 Å². The maximum absolute atomic E-state index is 12.9. The molecule has 5 nitrogen and oxygen atoms in total. The molecule has 3 aromatic rings. The van der Waals surface area contributed by atoms with Crippen molar-refractivity contribution in [2.45, 2.75) is 32.9 Å². The van der Waals surface area contributed by atoms with E-state index in [-0.39, 0.29) is 11.8 Å². The summed E-state index contributed by atoms with van der Waals surface area (Å²) in [6.45, 7) is 6.17. The summed E-state index contributed by atoms with van der Waals surface area (Å²) in [6, 6.07) is 21.6. The number of rotatable bonds is 4. The topological polar surface area (TPSA) is 67.5 Å². The number of hydrazone groups is 1. The molecule has 0 aliphatic carbocycles. The molecule has 2 atom stereocenters. The van der Waals surface area contributed by atoms with Crippen molar-refractivity contribution in [2.24, 2.45) is 5.10 Å². The van der Waals surface area contributed by atoms with Gasteiger partial charge in [0.1, 0.15) is 6.04 Å². The van der Waals surface area contributed by atoms with E-state index in [9.17, 15) is 9.90 Å². The number of nitrogens with zero attached hydrogens (tertiary/aromatic N) is 2. The number of benzene rings is 3. The third-order valence-corrected chi connectivity index (χ3v) is 5.54. The number of hydrogen-bond acceptors (Lipinski definition) is 3. The molecule has 1 N–H and O–H groups in total. The number of aryl methyl sites for hydroxylation is 3. The van der Waals surface area contributed by atoms with Gasteiger partial charge in [0.05, 0.1) is 5.90 Å². The molecule has 3 aromatic carbocycles. The van der Waals surface area contributed by atoms with Crippen molar-refractivity contribution in [1.82, 2.24) is 5.32 Å². The first-order valence-electron chi connectivity index (χ1n) is 10.3. The summed E-state index contributed by atoms with van der Waals surface area (Å²) in [5, 5.41) is 20.1. The van der Waals surface area contributed by atoms with Crippen LogP contribution in [-0.2, 0) is 0 Å². The van der Waals surface area contributed by atoms with Crippen molar-refractivity contribution in [3.63, 3.8) is 0 Å². The normalized spacial score (nSPS) is 19.3. The molecule has 0 saturated carbocycles. The van der Waals surface area contributed by atoms with Crippen LogP contribution in [0.2, 0.25) is 0 Å². The summed E-state index contributed by atoms with van der Waals surface area (Å²) in [5.74, 6) is -0.656. The van der Waals surface area contributed by atoms with Gasteiger partial charge in [-0.2, -0.15) is 0 Å². The van der Waals surface area contributed by atoms with E-state index in [1.54, 1.807) is 28.9 Å². The van der Waals surface area contributed by atoms with Crippen LogP contribution in [0.4, 0.5) is 0 Å². The Morgan fingerprint density at radius 1 is 0.968 bits per heavy atom. The predicted octanol–water partition coefficient (Wildman–Crippen LogP) is 3.27. The number of amides is 1. The van der Waals surface area contributed by atoms with Gasteiger partial charge in [0.2, 0.25) is 12.3 Å². The van der Waals surface area contributed by atoms with Crippen LogP contribution in [0.25, 0.3) is 0 Å². The van der Waals surface area contributed by atoms with Gasteiger partial charge in [0.25, 0.3) is 5.91 Å². The van der Waals surface area contributed by atoms with Gasteiger partial charge in [-0.25, -0.2) is 0 Å². The molecule has 0 unspecified atom stereocenters. The van der Waals surface area contributed by atoms with Gasteiger partial charge in [-0.05, 0) is 49.1 Å². The molecule has 0 radical (unpaired) electrons. The first-order valence-corrected chi connectivity index (χ1v) is 10.3. The van der Waals surface area contributed by atoms with Crippen molar-refractivity contribution in [1.29, 1.82) is 0 Å². The molecule has 0 saturated heterocycles. The quantitative estimate of drug-likeness (QED) is 0.670. The summed E-state index contributed by atoms with van der Waals surface area (Å²) in [5.41, 5.74) is 5.86. The zero-order chi connectivity index (χ0) is 22.0. The van der Waals surface area contributed by atoms with Gasteiger partial charge < -0.3 is 10.4 Å². The summed E-state index contributed by atoms with van der Waals surface area (Å²) in [7, 11) is 0. The van der Waals surface area contributed by atoms with Crippen molar-refractivity contribution in [2.75, 3.05) is 0 Å². The average molecular weight is 412 g/mol.